The summed E-state index contributed by atoms with van der Waals surface area (Å²) in [5, 5.41) is 3.53. The molecule has 20 heavy (non-hydrogen) atoms. The Morgan fingerprint density at radius 2 is 2.00 bits per heavy atom. The minimum Gasteiger partial charge on any atom is -0.379 e. The highest BCUT2D eigenvalue weighted by Gasteiger charge is 2.07. The predicted molar refractivity (Wildman–Crippen MR) is 83.8 cm³/mol. The van der Waals surface area contributed by atoms with Crippen LogP contribution in [0.15, 0.2) is 36.8 Å². The zero-order valence-corrected chi connectivity index (χ0v) is 12.8. The van der Waals surface area contributed by atoms with E-state index >= 15 is 0 Å². The second-order valence-corrected chi connectivity index (χ2v) is 5.63. The van der Waals surface area contributed by atoms with Gasteiger partial charge in [-0.15, -0.1) is 0 Å². The second kappa shape index (κ2) is 6.57. The van der Waals surface area contributed by atoms with Gasteiger partial charge in [0.05, 0.1) is 18.6 Å². The summed E-state index contributed by atoms with van der Waals surface area (Å²) in [5.74, 6) is 0. The van der Waals surface area contributed by atoms with Crippen LogP contribution in [0, 0.1) is 0 Å². The fraction of sp³-hybridized carbons (Fsp3) is 0.438. The lowest BCUT2D eigenvalue weighted by Crippen LogP contribution is -2.14. The second-order valence-electron chi connectivity index (χ2n) is 5.63. The molecule has 2 rings (SSSR count). The maximum absolute atomic E-state index is 4.24. The third-order valence-corrected chi connectivity index (χ3v) is 3.27. The number of rotatable bonds is 6. The van der Waals surface area contributed by atoms with E-state index in [9.17, 15) is 0 Å². The molecule has 1 aromatic heterocycles. The molecule has 0 bridgehead atoms. The molecule has 0 aliphatic carbocycles. The Bertz CT molecular complexity index is 543. The summed E-state index contributed by atoms with van der Waals surface area (Å²) in [6, 6.07) is 8.90. The summed E-state index contributed by atoms with van der Waals surface area (Å²) < 4.78 is 2.20. The molecule has 0 atom stereocenters. The van der Waals surface area contributed by atoms with Gasteiger partial charge in [-0.1, -0.05) is 18.2 Å². The minimum atomic E-state index is 0.436. The molecule has 2 aromatic rings. The largest absolute Gasteiger partial charge is 0.379 e. The van der Waals surface area contributed by atoms with Gasteiger partial charge < -0.3 is 14.8 Å². The maximum atomic E-state index is 4.24. The summed E-state index contributed by atoms with van der Waals surface area (Å²) in [4.78, 5) is 6.42. The molecular weight excluding hydrogens is 248 g/mol. The van der Waals surface area contributed by atoms with Gasteiger partial charge >= 0.3 is 0 Å². The Hall–Kier alpha value is -1.81. The van der Waals surface area contributed by atoms with Crippen LogP contribution in [0.1, 0.15) is 31.1 Å². The first kappa shape index (κ1) is 14.6. The van der Waals surface area contributed by atoms with Crippen molar-refractivity contribution in [2.45, 2.75) is 33.0 Å². The molecule has 0 amide bonds. The average Bonchev–Trinajstić information content (AvgIpc) is 2.85. The molecule has 4 heteroatoms. The fourth-order valence-electron chi connectivity index (χ4n) is 2.29. The van der Waals surface area contributed by atoms with E-state index in [-0.39, 0.29) is 0 Å². The molecule has 0 radical (unpaired) electrons. The van der Waals surface area contributed by atoms with Crippen LogP contribution in [-0.2, 0) is 13.1 Å². The summed E-state index contributed by atoms with van der Waals surface area (Å²) in [6.45, 7) is 6.07. The predicted octanol–water partition coefficient (Wildman–Crippen LogP) is 3.14. The van der Waals surface area contributed by atoms with Crippen LogP contribution in [0.4, 0.5) is 5.69 Å². The normalized spacial score (nSPS) is 11.3. The van der Waals surface area contributed by atoms with Crippen LogP contribution in [0.25, 0.3) is 0 Å². The summed E-state index contributed by atoms with van der Waals surface area (Å²) >= 11 is 0. The monoisotopic (exact) mass is 272 g/mol. The lowest BCUT2D eigenvalue weighted by Gasteiger charge is -2.17. The fourth-order valence-corrected chi connectivity index (χ4v) is 2.29. The van der Waals surface area contributed by atoms with Gasteiger partial charge in [0.1, 0.15) is 0 Å². The highest BCUT2D eigenvalue weighted by molar-refractivity contribution is 5.51. The van der Waals surface area contributed by atoms with E-state index in [0.29, 0.717) is 6.04 Å². The van der Waals surface area contributed by atoms with Crippen molar-refractivity contribution < 1.29 is 0 Å². The molecular formula is C16H24N4. The van der Waals surface area contributed by atoms with Crippen LogP contribution in [0.3, 0.4) is 0 Å². The number of para-hydroxylation sites is 1. The molecule has 108 valence electrons. The summed E-state index contributed by atoms with van der Waals surface area (Å²) in [5.41, 5.74) is 3.71. The van der Waals surface area contributed by atoms with E-state index in [1.54, 1.807) is 0 Å². The van der Waals surface area contributed by atoms with Gasteiger partial charge in [0.2, 0.25) is 0 Å². The van der Waals surface area contributed by atoms with Crippen molar-refractivity contribution in [2.75, 3.05) is 19.4 Å². The van der Waals surface area contributed by atoms with Crippen molar-refractivity contribution in [1.29, 1.82) is 0 Å². The molecule has 1 aromatic carbocycles. The Labute approximate surface area is 121 Å². The first-order valence-electron chi connectivity index (χ1n) is 7.05. The van der Waals surface area contributed by atoms with Crippen LogP contribution >= 0.6 is 0 Å². The Kier molecular flexibility index (Phi) is 4.79. The van der Waals surface area contributed by atoms with Crippen molar-refractivity contribution in [3.8, 4) is 0 Å². The van der Waals surface area contributed by atoms with E-state index in [4.69, 9.17) is 0 Å². The van der Waals surface area contributed by atoms with Crippen LogP contribution in [-0.4, -0.2) is 28.5 Å². The third kappa shape index (κ3) is 3.61. The Morgan fingerprint density at radius 1 is 1.25 bits per heavy atom. The minimum absolute atomic E-state index is 0.436. The number of aromatic nitrogens is 2. The highest BCUT2D eigenvalue weighted by Crippen LogP contribution is 2.18. The maximum Gasteiger partial charge on any atom is 0.0951 e. The zero-order valence-electron chi connectivity index (χ0n) is 12.8. The van der Waals surface area contributed by atoms with Crippen molar-refractivity contribution in [2.24, 2.45) is 0 Å². The number of anilines is 1. The number of nitrogens with one attached hydrogen (secondary N) is 1. The standard InChI is InChI=1S/C16H24N4/c1-13(2)20-12-17-9-15(20)10-18-16-8-6-5-7-14(16)11-19(3)4/h5-9,12-13,18H,10-11H2,1-4H3. The van der Waals surface area contributed by atoms with Crippen molar-refractivity contribution in [1.82, 2.24) is 14.5 Å². The molecule has 1 N–H and O–H groups in total. The molecule has 0 spiro atoms. The molecule has 0 aliphatic heterocycles. The van der Waals surface area contributed by atoms with E-state index in [0.717, 1.165) is 13.1 Å². The SMILES string of the molecule is CC(C)n1cncc1CNc1ccccc1CN(C)C. The number of hydrogen-bond acceptors (Lipinski definition) is 3. The Morgan fingerprint density at radius 3 is 2.70 bits per heavy atom. The van der Waals surface area contributed by atoms with Gasteiger partial charge in [-0.3, -0.25) is 0 Å². The third-order valence-electron chi connectivity index (χ3n) is 3.27. The number of benzene rings is 1. The molecule has 1 heterocycles. The van der Waals surface area contributed by atoms with Crippen LogP contribution in [0.2, 0.25) is 0 Å². The molecule has 0 saturated carbocycles. The van der Waals surface area contributed by atoms with Gasteiger partial charge in [0.25, 0.3) is 0 Å². The van der Waals surface area contributed by atoms with E-state index in [1.807, 2.05) is 12.5 Å². The topological polar surface area (TPSA) is 33.1 Å². The summed E-state index contributed by atoms with van der Waals surface area (Å²) in [7, 11) is 4.18. The van der Waals surface area contributed by atoms with Gasteiger partial charge in [-0.25, -0.2) is 4.98 Å². The van der Waals surface area contributed by atoms with Crippen molar-refractivity contribution >= 4 is 5.69 Å². The number of imidazole rings is 1. The zero-order chi connectivity index (χ0) is 14.5. The molecule has 0 fully saturated rings. The number of nitrogens with zero attached hydrogens (tertiary/aromatic N) is 3. The average molecular weight is 272 g/mol. The van der Waals surface area contributed by atoms with E-state index in [2.05, 4.69) is 72.0 Å². The lowest BCUT2D eigenvalue weighted by atomic mass is 10.1. The number of hydrogen-bond donors (Lipinski definition) is 1. The Balaban J connectivity index is 2.09. The molecule has 4 nitrogen and oxygen atoms in total. The van der Waals surface area contributed by atoms with Gasteiger partial charge in [0.15, 0.2) is 0 Å². The molecule has 0 unspecified atom stereocenters. The van der Waals surface area contributed by atoms with Crippen LogP contribution in [0.5, 0.6) is 0 Å². The smallest absolute Gasteiger partial charge is 0.0951 e. The molecule has 0 aliphatic rings. The van der Waals surface area contributed by atoms with Crippen molar-refractivity contribution in [3.63, 3.8) is 0 Å². The first-order chi connectivity index (χ1) is 9.58. The van der Waals surface area contributed by atoms with Gasteiger partial charge in [-0.2, -0.15) is 0 Å². The van der Waals surface area contributed by atoms with Crippen molar-refractivity contribution in [3.05, 3.63) is 48.0 Å². The van der Waals surface area contributed by atoms with E-state index in [1.165, 1.54) is 16.9 Å². The van der Waals surface area contributed by atoms with Gasteiger partial charge in [0, 0.05) is 24.5 Å². The first-order valence-corrected chi connectivity index (χ1v) is 7.05. The van der Waals surface area contributed by atoms with Gasteiger partial charge in [-0.05, 0) is 39.6 Å². The lowest BCUT2D eigenvalue weighted by molar-refractivity contribution is 0.403. The highest BCUT2D eigenvalue weighted by atomic mass is 15.1. The van der Waals surface area contributed by atoms with E-state index < -0.39 is 0 Å². The molecule has 0 saturated heterocycles. The summed E-state index contributed by atoms with van der Waals surface area (Å²) in [6.07, 6.45) is 3.83. The quantitative estimate of drug-likeness (QED) is 0.877. The van der Waals surface area contributed by atoms with Crippen LogP contribution < -0.4 is 5.32 Å².